The molecule has 27 heavy (non-hydrogen) atoms. The van der Waals surface area contributed by atoms with Gasteiger partial charge in [0, 0.05) is 49.9 Å². The summed E-state index contributed by atoms with van der Waals surface area (Å²) in [4.78, 5) is 27.2. The fourth-order valence-electron chi connectivity index (χ4n) is 3.37. The van der Waals surface area contributed by atoms with Crippen molar-refractivity contribution in [2.75, 3.05) is 13.1 Å². The standard InChI is InChI=1S/C20H21N5O2/c26-18(8-7-15-4-1-9-21-12-15)25-11-3-6-17(14-25)20-23-19(24-27-20)16-5-2-10-22-13-16/h1-2,4-5,9-10,12-13,17H,3,6-8,11,14H2/t17-/m1/s1. The van der Waals surface area contributed by atoms with E-state index < -0.39 is 0 Å². The summed E-state index contributed by atoms with van der Waals surface area (Å²) in [6.45, 7) is 1.41. The van der Waals surface area contributed by atoms with E-state index in [0.717, 1.165) is 30.5 Å². The Hall–Kier alpha value is -3.09. The molecule has 0 aromatic carbocycles. The van der Waals surface area contributed by atoms with Crippen molar-refractivity contribution in [2.24, 2.45) is 0 Å². The van der Waals surface area contributed by atoms with Gasteiger partial charge < -0.3 is 9.42 Å². The molecule has 0 bridgehead atoms. The Labute approximate surface area is 157 Å². The number of hydrogen-bond donors (Lipinski definition) is 0. The highest BCUT2D eigenvalue weighted by Crippen LogP contribution is 2.27. The van der Waals surface area contributed by atoms with Crippen LogP contribution in [-0.4, -0.2) is 44.0 Å². The topological polar surface area (TPSA) is 85.0 Å². The number of carbonyl (C=O) groups excluding carboxylic acids is 1. The molecule has 138 valence electrons. The van der Waals surface area contributed by atoms with Gasteiger partial charge in [-0.3, -0.25) is 14.8 Å². The minimum absolute atomic E-state index is 0.0824. The van der Waals surface area contributed by atoms with Crippen molar-refractivity contribution in [1.29, 1.82) is 0 Å². The summed E-state index contributed by atoms with van der Waals surface area (Å²) in [5, 5.41) is 4.07. The SMILES string of the molecule is O=C(CCc1cccnc1)N1CCC[C@@H](c2nc(-c3cccnc3)no2)C1. The van der Waals surface area contributed by atoms with Gasteiger partial charge in [-0.25, -0.2) is 0 Å². The lowest BCUT2D eigenvalue weighted by Gasteiger charge is -2.31. The minimum atomic E-state index is 0.0824. The molecule has 0 unspecified atom stereocenters. The zero-order valence-electron chi connectivity index (χ0n) is 15.0. The van der Waals surface area contributed by atoms with Gasteiger partial charge in [0.25, 0.3) is 0 Å². The molecule has 0 spiro atoms. The molecule has 0 N–H and O–H groups in total. The van der Waals surface area contributed by atoms with E-state index in [1.807, 2.05) is 35.4 Å². The van der Waals surface area contributed by atoms with Crippen LogP contribution >= 0.6 is 0 Å². The second-order valence-corrected chi connectivity index (χ2v) is 6.74. The van der Waals surface area contributed by atoms with Crippen LogP contribution in [-0.2, 0) is 11.2 Å². The number of nitrogens with zero attached hydrogens (tertiary/aromatic N) is 5. The monoisotopic (exact) mass is 363 g/mol. The minimum Gasteiger partial charge on any atom is -0.342 e. The van der Waals surface area contributed by atoms with Crippen LogP contribution in [0.2, 0.25) is 0 Å². The molecule has 1 amide bonds. The van der Waals surface area contributed by atoms with Crippen LogP contribution < -0.4 is 0 Å². The van der Waals surface area contributed by atoms with Crippen molar-refractivity contribution < 1.29 is 9.32 Å². The Balaban J connectivity index is 1.38. The lowest BCUT2D eigenvalue weighted by atomic mass is 9.97. The van der Waals surface area contributed by atoms with Gasteiger partial charge in [0.1, 0.15) is 0 Å². The molecule has 1 atom stereocenters. The molecule has 0 radical (unpaired) electrons. The fourth-order valence-corrected chi connectivity index (χ4v) is 3.37. The molecule has 3 aromatic rings. The van der Waals surface area contributed by atoms with Crippen molar-refractivity contribution in [2.45, 2.75) is 31.6 Å². The number of piperidine rings is 1. The number of aromatic nitrogens is 4. The third-order valence-electron chi connectivity index (χ3n) is 4.84. The molecule has 1 saturated heterocycles. The molecule has 7 nitrogen and oxygen atoms in total. The average molecular weight is 363 g/mol. The first-order valence-corrected chi connectivity index (χ1v) is 9.20. The van der Waals surface area contributed by atoms with Gasteiger partial charge in [-0.2, -0.15) is 4.98 Å². The van der Waals surface area contributed by atoms with Crippen molar-refractivity contribution in [1.82, 2.24) is 25.0 Å². The second kappa shape index (κ2) is 8.07. The zero-order valence-corrected chi connectivity index (χ0v) is 15.0. The molecule has 0 saturated carbocycles. The highest BCUT2D eigenvalue weighted by molar-refractivity contribution is 5.76. The Bertz CT molecular complexity index is 882. The Morgan fingerprint density at radius 1 is 1.19 bits per heavy atom. The molecule has 1 aliphatic heterocycles. The second-order valence-electron chi connectivity index (χ2n) is 6.74. The fraction of sp³-hybridized carbons (Fsp3) is 0.350. The van der Waals surface area contributed by atoms with E-state index in [1.54, 1.807) is 18.6 Å². The average Bonchev–Trinajstić information content (AvgIpc) is 3.24. The van der Waals surface area contributed by atoms with E-state index in [0.29, 0.717) is 31.1 Å². The van der Waals surface area contributed by atoms with Crippen LogP contribution in [0.15, 0.2) is 53.6 Å². The number of likely N-dealkylation sites (tertiary alicyclic amines) is 1. The lowest BCUT2D eigenvalue weighted by Crippen LogP contribution is -2.39. The zero-order chi connectivity index (χ0) is 18.5. The van der Waals surface area contributed by atoms with Crippen molar-refractivity contribution in [3.8, 4) is 11.4 Å². The molecular weight excluding hydrogens is 342 g/mol. The summed E-state index contributed by atoms with van der Waals surface area (Å²) in [5.74, 6) is 1.38. The lowest BCUT2D eigenvalue weighted by molar-refractivity contribution is -0.132. The molecule has 0 aliphatic carbocycles. The number of carbonyl (C=O) groups is 1. The molecule has 7 heteroatoms. The highest BCUT2D eigenvalue weighted by atomic mass is 16.5. The number of amides is 1. The number of aryl methyl sites for hydroxylation is 1. The van der Waals surface area contributed by atoms with Crippen molar-refractivity contribution >= 4 is 5.91 Å². The van der Waals surface area contributed by atoms with Gasteiger partial charge in [0.2, 0.25) is 17.6 Å². The first-order valence-electron chi connectivity index (χ1n) is 9.20. The van der Waals surface area contributed by atoms with E-state index in [-0.39, 0.29) is 11.8 Å². The van der Waals surface area contributed by atoms with Crippen LogP contribution in [0.1, 0.15) is 36.6 Å². The van der Waals surface area contributed by atoms with Crippen LogP contribution in [0.4, 0.5) is 0 Å². The molecule has 1 fully saturated rings. The number of hydrogen-bond acceptors (Lipinski definition) is 6. The Morgan fingerprint density at radius 3 is 2.81 bits per heavy atom. The third-order valence-corrected chi connectivity index (χ3v) is 4.84. The Kier molecular flexibility index (Phi) is 5.18. The summed E-state index contributed by atoms with van der Waals surface area (Å²) in [6.07, 6.45) is 10.1. The molecule has 4 heterocycles. The van der Waals surface area contributed by atoms with E-state index in [9.17, 15) is 4.79 Å². The molecular formula is C20H21N5O2. The van der Waals surface area contributed by atoms with Crippen LogP contribution in [0.5, 0.6) is 0 Å². The van der Waals surface area contributed by atoms with Gasteiger partial charge in [-0.15, -0.1) is 0 Å². The van der Waals surface area contributed by atoms with E-state index in [4.69, 9.17) is 4.52 Å². The smallest absolute Gasteiger partial charge is 0.231 e. The van der Waals surface area contributed by atoms with Crippen LogP contribution in [0.3, 0.4) is 0 Å². The summed E-state index contributed by atoms with van der Waals surface area (Å²) in [5.41, 5.74) is 1.91. The van der Waals surface area contributed by atoms with Crippen LogP contribution in [0.25, 0.3) is 11.4 Å². The van der Waals surface area contributed by atoms with Crippen molar-refractivity contribution in [3.05, 3.63) is 60.5 Å². The quantitative estimate of drug-likeness (QED) is 0.693. The maximum atomic E-state index is 12.6. The number of rotatable bonds is 5. The van der Waals surface area contributed by atoms with Gasteiger partial charge in [0.15, 0.2) is 0 Å². The van der Waals surface area contributed by atoms with Crippen molar-refractivity contribution in [3.63, 3.8) is 0 Å². The highest BCUT2D eigenvalue weighted by Gasteiger charge is 2.28. The Morgan fingerprint density at radius 2 is 2.04 bits per heavy atom. The summed E-state index contributed by atoms with van der Waals surface area (Å²) >= 11 is 0. The van der Waals surface area contributed by atoms with E-state index >= 15 is 0 Å². The van der Waals surface area contributed by atoms with Gasteiger partial charge in [0.05, 0.1) is 5.92 Å². The maximum absolute atomic E-state index is 12.6. The molecule has 3 aromatic heterocycles. The third kappa shape index (κ3) is 4.19. The van der Waals surface area contributed by atoms with E-state index in [1.165, 1.54) is 0 Å². The largest absolute Gasteiger partial charge is 0.342 e. The van der Waals surface area contributed by atoms with Gasteiger partial charge in [-0.05, 0) is 43.0 Å². The molecule has 1 aliphatic rings. The normalized spacial score (nSPS) is 17.0. The first-order chi connectivity index (χ1) is 13.3. The number of pyridine rings is 2. The summed E-state index contributed by atoms with van der Waals surface area (Å²) in [6, 6.07) is 7.63. The predicted molar refractivity (Wildman–Crippen MR) is 98.6 cm³/mol. The van der Waals surface area contributed by atoms with Gasteiger partial charge >= 0.3 is 0 Å². The first kappa shape index (κ1) is 17.3. The molecule has 4 rings (SSSR count). The van der Waals surface area contributed by atoms with Gasteiger partial charge in [-0.1, -0.05) is 11.2 Å². The van der Waals surface area contributed by atoms with Crippen LogP contribution in [0, 0.1) is 0 Å². The maximum Gasteiger partial charge on any atom is 0.231 e. The predicted octanol–water partition coefficient (Wildman–Crippen LogP) is 2.87. The van der Waals surface area contributed by atoms with E-state index in [2.05, 4.69) is 20.1 Å². The summed E-state index contributed by atoms with van der Waals surface area (Å²) in [7, 11) is 0. The summed E-state index contributed by atoms with van der Waals surface area (Å²) < 4.78 is 5.48.